The number of fused-ring (bicyclic) bond motifs is 1. The van der Waals surface area contributed by atoms with E-state index in [0.717, 1.165) is 5.57 Å². The minimum atomic E-state index is -0.634. The fraction of sp³-hybridized carbons (Fsp3) is 0.182. The van der Waals surface area contributed by atoms with Gasteiger partial charge in [0.1, 0.15) is 5.75 Å². The van der Waals surface area contributed by atoms with Gasteiger partial charge in [-0.1, -0.05) is 12.2 Å². The molecule has 1 aliphatic heterocycles. The van der Waals surface area contributed by atoms with E-state index < -0.39 is 11.0 Å². The highest BCUT2D eigenvalue weighted by molar-refractivity contribution is 6.03. The molecule has 0 fully saturated rings. The van der Waals surface area contributed by atoms with Crippen LogP contribution in [0.4, 0.5) is 17.1 Å². The third-order valence-electron chi connectivity index (χ3n) is 4.39. The Morgan fingerprint density at radius 1 is 1.30 bits per heavy atom. The number of nitro groups is 1. The first-order valence-electron chi connectivity index (χ1n) is 9.24. The molecule has 0 bridgehead atoms. The number of rotatable bonds is 6. The summed E-state index contributed by atoms with van der Waals surface area (Å²) in [5.41, 5.74) is 2.63. The number of nitrogens with zero attached hydrogens (tertiary/aromatic N) is 2. The minimum absolute atomic E-state index is 0.0148. The zero-order valence-corrected chi connectivity index (χ0v) is 16.6. The maximum Gasteiger partial charge on any atom is 0.269 e. The molecule has 154 valence electrons. The zero-order chi connectivity index (χ0) is 21.8. The van der Waals surface area contributed by atoms with Crippen molar-refractivity contribution in [1.82, 2.24) is 0 Å². The van der Waals surface area contributed by atoms with E-state index in [1.165, 1.54) is 18.2 Å². The van der Waals surface area contributed by atoms with Crippen LogP contribution < -0.4 is 15.0 Å². The molecule has 2 aromatic rings. The predicted molar refractivity (Wildman–Crippen MR) is 114 cm³/mol. The van der Waals surface area contributed by atoms with Gasteiger partial charge in [-0.15, -0.1) is 0 Å². The van der Waals surface area contributed by atoms with E-state index in [0.29, 0.717) is 29.2 Å². The van der Waals surface area contributed by atoms with E-state index in [4.69, 9.17) is 4.74 Å². The summed E-state index contributed by atoms with van der Waals surface area (Å²) in [6.45, 7) is 7.78. The lowest BCUT2D eigenvalue weighted by Crippen LogP contribution is -2.45. The van der Waals surface area contributed by atoms with E-state index in [1.54, 1.807) is 48.2 Å². The molecule has 3 rings (SSSR count). The zero-order valence-electron chi connectivity index (χ0n) is 16.6. The third-order valence-corrected chi connectivity index (χ3v) is 4.39. The monoisotopic (exact) mass is 407 g/mol. The van der Waals surface area contributed by atoms with E-state index >= 15 is 0 Å². The molecule has 0 saturated heterocycles. The number of carbonyl (C=O) groups excluding carboxylic acids is 2. The Hall–Kier alpha value is -3.94. The molecule has 8 heteroatoms. The number of nitro benzene ring substituents is 1. The highest BCUT2D eigenvalue weighted by atomic mass is 16.6. The molecule has 2 aromatic carbocycles. The van der Waals surface area contributed by atoms with Gasteiger partial charge in [0.05, 0.1) is 10.6 Å². The maximum absolute atomic E-state index is 12.4. The number of ether oxygens (including phenoxy) is 1. The average molecular weight is 407 g/mol. The quantitative estimate of drug-likeness (QED) is 0.338. The van der Waals surface area contributed by atoms with Gasteiger partial charge in [0.25, 0.3) is 11.6 Å². The van der Waals surface area contributed by atoms with Crippen molar-refractivity contribution in [1.29, 1.82) is 0 Å². The standard InChI is InChI=1S/C22H21N3O5/c1-14(2)13-24-19-10-7-17(12-20(19)30-15(3)22(24)27)23-21(26)11-6-16-4-8-18(9-5-16)25(28)29/h4-12,15H,1,13H2,2-3H3,(H,23,26)/b11-6+. The van der Waals surface area contributed by atoms with Gasteiger partial charge in [0.15, 0.2) is 6.10 Å². The maximum atomic E-state index is 12.4. The van der Waals surface area contributed by atoms with Gasteiger partial charge >= 0.3 is 0 Å². The summed E-state index contributed by atoms with van der Waals surface area (Å²) in [5, 5.41) is 13.4. The summed E-state index contributed by atoms with van der Waals surface area (Å²) >= 11 is 0. The molecular formula is C22H21N3O5. The number of carbonyl (C=O) groups is 2. The molecule has 0 spiro atoms. The second-order valence-electron chi connectivity index (χ2n) is 7.00. The van der Waals surface area contributed by atoms with Crippen molar-refractivity contribution in [3.05, 3.63) is 76.4 Å². The van der Waals surface area contributed by atoms with Crippen molar-refractivity contribution in [2.75, 3.05) is 16.8 Å². The van der Waals surface area contributed by atoms with Crippen LogP contribution in [-0.4, -0.2) is 29.4 Å². The Morgan fingerprint density at radius 3 is 2.63 bits per heavy atom. The van der Waals surface area contributed by atoms with E-state index in [9.17, 15) is 19.7 Å². The van der Waals surface area contributed by atoms with Crippen LogP contribution in [0.25, 0.3) is 6.08 Å². The van der Waals surface area contributed by atoms with E-state index in [2.05, 4.69) is 11.9 Å². The number of anilines is 2. The van der Waals surface area contributed by atoms with Crippen molar-refractivity contribution in [2.45, 2.75) is 20.0 Å². The summed E-state index contributed by atoms with van der Waals surface area (Å²) in [6, 6.07) is 10.9. The first-order chi connectivity index (χ1) is 14.2. The van der Waals surface area contributed by atoms with Crippen molar-refractivity contribution < 1.29 is 19.2 Å². The molecule has 0 aromatic heterocycles. The van der Waals surface area contributed by atoms with Gasteiger partial charge in [-0.05, 0) is 49.8 Å². The Labute approximate surface area is 173 Å². The molecule has 1 N–H and O–H groups in total. The van der Waals surface area contributed by atoms with Gasteiger partial charge in [-0.25, -0.2) is 0 Å². The molecule has 0 aliphatic carbocycles. The number of benzene rings is 2. The smallest absolute Gasteiger partial charge is 0.269 e. The second kappa shape index (κ2) is 8.60. The van der Waals surface area contributed by atoms with Crippen LogP contribution in [-0.2, 0) is 9.59 Å². The topological polar surface area (TPSA) is 102 Å². The van der Waals surface area contributed by atoms with Crippen molar-refractivity contribution in [3.63, 3.8) is 0 Å². The van der Waals surface area contributed by atoms with Gasteiger partial charge in [-0.2, -0.15) is 0 Å². The molecule has 1 aliphatic rings. The van der Waals surface area contributed by atoms with Crippen molar-refractivity contribution in [3.8, 4) is 5.75 Å². The van der Waals surface area contributed by atoms with Gasteiger partial charge < -0.3 is 15.0 Å². The summed E-state index contributed by atoms with van der Waals surface area (Å²) in [6.07, 6.45) is 2.26. The second-order valence-corrected chi connectivity index (χ2v) is 7.00. The Balaban J connectivity index is 1.72. The molecular weight excluding hydrogens is 386 g/mol. The molecule has 30 heavy (non-hydrogen) atoms. The average Bonchev–Trinajstić information content (AvgIpc) is 2.70. The largest absolute Gasteiger partial charge is 0.479 e. The lowest BCUT2D eigenvalue weighted by molar-refractivity contribution is -0.384. The third kappa shape index (κ3) is 4.72. The molecule has 1 unspecified atom stereocenters. The molecule has 8 nitrogen and oxygen atoms in total. The van der Waals surface area contributed by atoms with E-state index in [-0.39, 0.29) is 17.5 Å². The van der Waals surface area contributed by atoms with Crippen LogP contribution >= 0.6 is 0 Å². The van der Waals surface area contributed by atoms with Crippen molar-refractivity contribution in [2.24, 2.45) is 0 Å². The summed E-state index contributed by atoms with van der Waals surface area (Å²) in [4.78, 5) is 36.5. The van der Waals surface area contributed by atoms with Crippen LogP contribution in [0, 0.1) is 10.1 Å². The van der Waals surface area contributed by atoms with Crippen LogP contribution in [0.3, 0.4) is 0 Å². The number of hydrogen-bond donors (Lipinski definition) is 1. The first kappa shape index (κ1) is 20.8. The Bertz CT molecular complexity index is 1040. The van der Waals surface area contributed by atoms with Gasteiger partial charge in [0.2, 0.25) is 5.91 Å². The fourth-order valence-electron chi connectivity index (χ4n) is 2.98. The number of nitrogens with one attached hydrogen (secondary N) is 1. The lowest BCUT2D eigenvalue weighted by Gasteiger charge is -2.33. The van der Waals surface area contributed by atoms with Gasteiger partial charge in [0, 0.05) is 36.5 Å². The number of non-ortho nitro benzene ring substituents is 1. The minimum Gasteiger partial charge on any atom is -0.479 e. The predicted octanol–water partition coefficient (Wildman–Crippen LogP) is 3.94. The summed E-state index contributed by atoms with van der Waals surface area (Å²) < 4.78 is 5.69. The highest BCUT2D eigenvalue weighted by Crippen LogP contribution is 2.36. The normalized spacial score (nSPS) is 15.5. The molecule has 0 radical (unpaired) electrons. The van der Waals surface area contributed by atoms with Crippen molar-refractivity contribution >= 4 is 35.0 Å². The first-order valence-corrected chi connectivity index (χ1v) is 9.24. The Morgan fingerprint density at radius 2 is 2.00 bits per heavy atom. The number of hydrogen-bond acceptors (Lipinski definition) is 5. The van der Waals surface area contributed by atoms with Crippen LogP contribution in [0.1, 0.15) is 19.4 Å². The molecule has 1 atom stereocenters. The highest BCUT2D eigenvalue weighted by Gasteiger charge is 2.31. The summed E-state index contributed by atoms with van der Waals surface area (Å²) in [5.74, 6) is -0.0131. The molecule has 1 heterocycles. The SMILES string of the molecule is C=C(C)CN1C(=O)C(C)Oc2cc(NC(=O)/C=C/c3ccc([N+](=O)[O-])cc3)ccc21. The summed E-state index contributed by atoms with van der Waals surface area (Å²) in [7, 11) is 0. The molecule has 0 saturated carbocycles. The fourth-order valence-corrected chi connectivity index (χ4v) is 2.98. The molecule has 2 amide bonds. The Kier molecular flexibility index (Phi) is 5.96. The lowest BCUT2D eigenvalue weighted by atomic mass is 10.1. The van der Waals surface area contributed by atoms with Gasteiger partial charge in [-0.3, -0.25) is 19.7 Å². The van der Waals surface area contributed by atoms with E-state index in [1.807, 2.05) is 6.92 Å². The number of amides is 2. The van der Waals surface area contributed by atoms with Crippen LogP contribution in [0.5, 0.6) is 5.75 Å². The van der Waals surface area contributed by atoms with Crippen LogP contribution in [0.15, 0.2) is 60.7 Å². The van der Waals surface area contributed by atoms with Crippen LogP contribution in [0.2, 0.25) is 0 Å².